The maximum atomic E-state index is 11.7. The van der Waals surface area contributed by atoms with Crippen molar-refractivity contribution in [2.45, 2.75) is 19.4 Å². The van der Waals surface area contributed by atoms with Crippen LogP contribution in [0.5, 0.6) is 0 Å². The summed E-state index contributed by atoms with van der Waals surface area (Å²) in [6.07, 6.45) is 2.14. The Hall–Kier alpha value is -2.07. The van der Waals surface area contributed by atoms with Gasteiger partial charge in [-0.25, -0.2) is 0 Å². The first-order chi connectivity index (χ1) is 9.06. The summed E-state index contributed by atoms with van der Waals surface area (Å²) in [6.45, 7) is 1.90. The van der Waals surface area contributed by atoms with Gasteiger partial charge in [-0.1, -0.05) is 12.1 Å². The largest absolute Gasteiger partial charge is 0.469 e. The molecule has 1 atom stereocenters. The minimum Gasteiger partial charge on any atom is -0.469 e. The number of likely N-dealkylation sites (N-methyl/N-ethyl adjacent to an activating group) is 1. The summed E-state index contributed by atoms with van der Waals surface area (Å²) in [6, 6.07) is 7.67. The van der Waals surface area contributed by atoms with E-state index in [9.17, 15) is 4.79 Å². The number of amides is 1. The summed E-state index contributed by atoms with van der Waals surface area (Å²) in [5.74, 6) is 0.974. The van der Waals surface area contributed by atoms with Gasteiger partial charge in [0.25, 0.3) is 0 Å². The van der Waals surface area contributed by atoms with Crippen LogP contribution in [0.3, 0.4) is 0 Å². The molecule has 0 aliphatic carbocycles. The van der Waals surface area contributed by atoms with Crippen molar-refractivity contribution >= 4 is 11.6 Å². The van der Waals surface area contributed by atoms with E-state index < -0.39 is 0 Å². The molecule has 19 heavy (non-hydrogen) atoms. The van der Waals surface area contributed by atoms with E-state index in [0.29, 0.717) is 6.42 Å². The molecule has 1 aromatic carbocycles. The van der Waals surface area contributed by atoms with Gasteiger partial charge >= 0.3 is 0 Å². The molecule has 0 spiro atoms. The summed E-state index contributed by atoms with van der Waals surface area (Å²) in [7, 11) is 1.80. The van der Waals surface area contributed by atoms with Crippen molar-refractivity contribution in [3.05, 3.63) is 53.0 Å². The van der Waals surface area contributed by atoms with E-state index in [-0.39, 0.29) is 11.9 Å². The van der Waals surface area contributed by atoms with E-state index in [1.807, 2.05) is 31.2 Å². The maximum Gasteiger partial charge on any atom is 0.231 e. The van der Waals surface area contributed by atoms with Gasteiger partial charge in [-0.3, -0.25) is 4.79 Å². The number of hydrogen-bond acceptors (Lipinski definition) is 3. The molecular weight excluding hydrogens is 240 g/mol. The number of hydrogen-bond donors (Lipinski definition) is 1. The highest BCUT2D eigenvalue weighted by Crippen LogP contribution is 2.31. The number of carbonyl (C=O) groups excluding carboxylic acids is 1. The number of anilines is 1. The van der Waals surface area contributed by atoms with Gasteiger partial charge < -0.3 is 15.1 Å². The molecule has 0 radical (unpaired) electrons. The van der Waals surface area contributed by atoms with Crippen LogP contribution in [0.1, 0.15) is 28.5 Å². The van der Waals surface area contributed by atoms with Crippen LogP contribution >= 0.6 is 0 Å². The SMILES string of the molecule is Cc1cc(C(N)c2ccc3c(c2)CC(=O)N3C)co1. The molecule has 0 saturated carbocycles. The van der Waals surface area contributed by atoms with Crippen molar-refractivity contribution in [3.63, 3.8) is 0 Å². The average Bonchev–Trinajstić information content (AvgIpc) is 2.94. The number of carbonyl (C=O) groups is 1. The fourth-order valence-corrected chi connectivity index (χ4v) is 2.50. The van der Waals surface area contributed by atoms with Crippen LogP contribution in [0.25, 0.3) is 0 Å². The zero-order valence-corrected chi connectivity index (χ0v) is 11.0. The van der Waals surface area contributed by atoms with Crippen LogP contribution in [0, 0.1) is 6.92 Å². The molecule has 1 amide bonds. The zero-order valence-electron chi connectivity index (χ0n) is 11.0. The second-order valence-electron chi connectivity index (χ2n) is 4.99. The Morgan fingerprint density at radius 2 is 2.11 bits per heavy atom. The predicted octanol–water partition coefficient (Wildman–Crippen LogP) is 2.16. The summed E-state index contributed by atoms with van der Waals surface area (Å²) in [5.41, 5.74) is 10.2. The molecule has 0 bridgehead atoms. The molecule has 4 nitrogen and oxygen atoms in total. The third kappa shape index (κ3) is 1.94. The van der Waals surface area contributed by atoms with Crippen molar-refractivity contribution in [1.29, 1.82) is 0 Å². The van der Waals surface area contributed by atoms with E-state index in [1.54, 1.807) is 18.2 Å². The lowest BCUT2D eigenvalue weighted by Crippen LogP contribution is -2.20. The molecule has 0 fully saturated rings. The second-order valence-corrected chi connectivity index (χ2v) is 4.99. The van der Waals surface area contributed by atoms with Crippen molar-refractivity contribution in [2.75, 3.05) is 11.9 Å². The molecule has 1 aliphatic rings. The van der Waals surface area contributed by atoms with Crippen LogP contribution in [0.2, 0.25) is 0 Å². The molecule has 0 saturated heterocycles. The van der Waals surface area contributed by atoms with Gasteiger partial charge in [-0.15, -0.1) is 0 Å². The number of furan rings is 1. The average molecular weight is 256 g/mol. The Morgan fingerprint density at radius 3 is 2.79 bits per heavy atom. The van der Waals surface area contributed by atoms with E-state index in [0.717, 1.165) is 28.1 Å². The Morgan fingerprint density at radius 1 is 1.32 bits per heavy atom. The lowest BCUT2D eigenvalue weighted by molar-refractivity contribution is -0.117. The molecule has 2 aromatic rings. The van der Waals surface area contributed by atoms with Gasteiger partial charge in [0.05, 0.1) is 18.7 Å². The van der Waals surface area contributed by atoms with Crippen LogP contribution in [0.15, 0.2) is 34.9 Å². The van der Waals surface area contributed by atoms with Gasteiger partial charge in [0.1, 0.15) is 5.76 Å². The Labute approximate surface area is 111 Å². The number of rotatable bonds is 2. The predicted molar refractivity (Wildman–Crippen MR) is 73.0 cm³/mol. The van der Waals surface area contributed by atoms with E-state index >= 15 is 0 Å². The number of nitrogens with two attached hydrogens (primary N) is 1. The smallest absolute Gasteiger partial charge is 0.231 e. The third-order valence-electron chi connectivity index (χ3n) is 3.65. The van der Waals surface area contributed by atoms with Gasteiger partial charge in [0, 0.05) is 18.3 Å². The van der Waals surface area contributed by atoms with E-state index in [4.69, 9.17) is 10.2 Å². The normalized spacial score (nSPS) is 15.7. The minimum atomic E-state index is -0.219. The molecule has 98 valence electrons. The Kier molecular flexibility index (Phi) is 2.68. The quantitative estimate of drug-likeness (QED) is 0.895. The summed E-state index contributed by atoms with van der Waals surface area (Å²) >= 11 is 0. The fraction of sp³-hybridized carbons (Fsp3) is 0.267. The first-order valence-electron chi connectivity index (χ1n) is 6.26. The molecule has 4 heteroatoms. The molecule has 2 N–H and O–H groups in total. The number of benzene rings is 1. The second kappa shape index (κ2) is 4.24. The van der Waals surface area contributed by atoms with Crippen LogP contribution < -0.4 is 10.6 Å². The van der Waals surface area contributed by atoms with Crippen LogP contribution in [0.4, 0.5) is 5.69 Å². The van der Waals surface area contributed by atoms with Crippen molar-refractivity contribution in [2.24, 2.45) is 5.73 Å². The highest BCUT2D eigenvalue weighted by molar-refractivity contribution is 6.00. The standard InChI is InChI=1S/C15H16N2O2/c1-9-5-12(8-19-9)15(16)10-3-4-13-11(6-10)7-14(18)17(13)2/h3-6,8,15H,7,16H2,1-2H3. The monoisotopic (exact) mass is 256 g/mol. The topological polar surface area (TPSA) is 59.5 Å². The number of fused-ring (bicyclic) bond motifs is 1. The summed E-state index contributed by atoms with van der Waals surface area (Å²) < 4.78 is 5.29. The lowest BCUT2D eigenvalue weighted by atomic mass is 9.99. The van der Waals surface area contributed by atoms with Crippen LogP contribution in [-0.2, 0) is 11.2 Å². The minimum absolute atomic E-state index is 0.125. The van der Waals surface area contributed by atoms with Crippen molar-refractivity contribution < 1.29 is 9.21 Å². The maximum absolute atomic E-state index is 11.7. The van der Waals surface area contributed by atoms with Crippen LogP contribution in [-0.4, -0.2) is 13.0 Å². The molecule has 1 aliphatic heterocycles. The van der Waals surface area contributed by atoms with Gasteiger partial charge in [-0.05, 0) is 30.2 Å². The van der Waals surface area contributed by atoms with Crippen molar-refractivity contribution in [1.82, 2.24) is 0 Å². The first kappa shape index (κ1) is 12.0. The molecule has 1 unspecified atom stereocenters. The zero-order chi connectivity index (χ0) is 13.6. The lowest BCUT2D eigenvalue weighted by Gasteiger charge is -2.13. The highest BCUT2D eigenvalue weighted by Gasteiger charge is 2.24. The third-order valence-corrected chi connectivity index (χ3v) is 3.65. The Bertz CT molecular complexity index is 645. The molecule has 1 aromatic heterocycles. The number of aryl methyl sites for hydroxylation is 1. The van der Waals surface area contributed by atoms with Gasteiger partial charge in [0.2, 0.25) is 5.91 Å². The van der Waals surface area contributed by atoms with Gasteiger partial charge in [0.15, 0.2) is 0 Å². The Balaban J connectivity index is 1.95. The van der Waals surface area contributed by atoms with Gasteiger partial charge in [-0.2, -0.15) is 0 Å². The first-order valence-corrected chi connectivity index (χ1v) is 6.26. The molecule has 2 heterocycles. The fourth-order valence-electron chi connectivity index (χ4n) is 2.50. The van der Waals surface area contributed by atoms with E-state index in [1.165, 1.54) is 0 Å². The molecular formula is C15H16N2O2. The van der Waals surface area contributed by atoms with Crippen molar-refractivity contribution in [3.8, 4) is 0 Å². The summed E-state index contributed by atoms with van der Waals surface area (Å²) in [5, 5.41) is 0. The highest BCUT2D eigenvalue weighted by atomic mass is 16.3. The molecule has 3 rings (SSSR count). The van der Waals surface area contributed by atoms with E-state index in [2.05, 4.69) is 0 Å². The summed E-state index contributed by atoms with van der Waals surface area (Å²) in [4.78, 5) is 13.4. The number of nitrogens with zero attached hydrogens (tertiary/aromatic N) is 1.